The topological polar surface area (TPSA) is 50.2 Å². The number of thiazole rings is 1. The van der Waals surface area contributed by atoms with Crippen molar-refractivity contribution in [2.24, 2.45) is 0 Å². The van der Waals surface area contributed by atoms with Crippen LogP contribution in [0, 0.1) is 6.92 Å². The molecule has 0 saturated carbocycles. The SMILES string of the molecule is CCCCCCCCSc1nc(C)c(CC(=O)O)s1. The highest BCUT2D eigenvalue weighted by atomic mass is 32.2. The number of rotatable bonds is 10. The van der Waals surface area contributed by atoms with Gasteiger partial charge in [-0.05, 0) is 13.3 Å². The highest BCUT2D eigenvalue weighted by Gasteiger charge is 2.10. The quantitative estimate of drug-likeness (QED) is 0.509. The van der Waals surface area contributed by atoms with E-state index in [9.17, 15) is 4.79 Å². The Bertz CT molecular complexity index is 391. The van der Waals surface area contributed by atoms with Gasteiger partial charge in [-0.25, -0.2) is 4.98 Å². The normalized spacial score (nSPS) is 10.8. The van der Waals surface area contributed by atoms with Gasteiger partial charge < -0.3 is 5.11 Å². The van der Waals surface area contributed by atoms with Gasteiger partial charge >= 0.3 is 5.97 Å². The second-order valence-corrected chi connectivity index (χ2v) is 7.10. The molecule has 0 aliphatic carbocycles. The summed E-state index contributed by atoms with van der Waals surface area (Å²) in [6, 6.07) is 0. The van der Waals surface area contributed by atoms with Crippen LogP contribution in [0.2, 0.25) is 0 Å². The standard InChI is InChI=1S/C14H23NO2S2/c1-3-4-5-6-7-8-9-18-14-15-11(2)12(19-14)10-13(16)17/h3-10H2,1-2H3,(H,16,17). The fraction of sp³-hybridized carbons (Fsp3) is 0.714. The molecule has 108 valence electrons. The monoisotopic (exact) mass is 301 g/mol. The zero-order chi connectivity index (χ0) is 14.1. The molecule has 0 fully saturated rings. The predicted molar refractivity (Wildman–Crippen MR) is 82.3 cm³/mol. The number of carbonyl (C=O) groups is 1. The Morgan fingerprint density at radius 2 is 1.95 bits per heavy atom. The third kappa shape index (κ3) is 6.97. The largest absolute Gasteiger partial charge is 0.481 e. The Morgan fingerprint density at radius 1 is 1.26 bits per heavy atom. The van der Waals surface area contributed by atoms with Crippen LogP contribution in [0.3, 0.4) is 0 Å². The second kappa shape index (κ2) is 9.37. The highest BCUT2D eigenvalue weighted by molar-refractivity contribution is 8.01. The summed E-state index contributed by atoms with van der Waals surface area (Å²) in [7, 11) is 0. The van der Waals surface area contributed by atoms with Gasteiger partial charge in [-0.3, -0.25) is 4.79 Å². The Balaban J connectivity index is 2.21. The molecule has 19 heavy (non-hydrogen) atoms. The number of thioether (sulfide) groups is 1. The van der Waals surface area contributed by atoms with Crippen molar-refractivity contribution < 1.29 is 9.90 Å². The van der Waals surface area contributed by atoms with Crippen LogP contribution in [0.4, 0.5) is 0 Å². The lowest BCUT2D eigenvalue weighted by Crippen LogP contribution is -1.99. The summed E-state index contributed by atoms with van der Waals surface area (Å²) >= 11 is 3.29. The Morgan fingerprint density at radius 3 is 2.63 bits per heavy atom. The van der Waals surface area contributed by atoms with Crippen LogP contribution < -0.4 is 0 Å². The van der Waals surface area contributed by atoms with Gasteiger partial charge in [0.25, 0.3) is 0 Å². The predicted octanol–water partition coefficient (Wildman–Crippen LogP) is 4.53. The molecule has 0 aromatic carbocycles. The zero-order valence-electron chi connectivity index (χ0n) is 11.8. The number of hydrogen-bond donors (Lipinski definition) is 1. The number of hydrogen-bond acceptors (Lipinski definition) is 4. The van der Waals surface area contributed by atoms with Crippen LogP contribution in [0.25, 0.3) is 0 Å². The number of aromatic nitrogens is 1. The van der Waals surface area contributed by atoms with Crippen LogP contribution in [-0.4, -0.2) is 21.8 Å². The smallest absolute Gasteiger partial charge is 0.308 e. The average Bonchev–Trinajstić information content (AvgIpc) is 2.68. The number of carboxylic acid groups (broad SMARTS) is 1. The van der Waals surface area contributed by atoms with Gasteiger partial charge in [-0.15, -0.1) is 11.3 Å². The number of carboxylic acids is 1. The molecule has 3 nitrogen and oxygen atoms in total. The van der Waals surface area contributed by atoms with Crippen molar-refractivity contribution in [3.05, 3.63) is 10.6 Å². The minimum absolute atomic E-state index is 0.0983. The summed E-state index contributed by atoms with van der Waals surface area (Å²) in [4.78, 5) is 16.0. The summed E-state index contributed by atoms with van der Waals surface area (Å²) in [5.41, 5.74) is 0.873. The lowest BCUT2D eigenvalue weighted by atomic mass is 10.1. The molecule has 0 radical (unpaired) electrons. The molecule has 0 spiro atoms. The third-order valence-corrected chi connectivity index (χ3v) is 5.29. The lowest BCUT2D eigenvalue weighted by molar-refractivity contribution is -0.136. The van der Waals surface area contributed by atoms with E-state index in [1.807, 2.05) is 6.92 Å². The van der Waals surface area contributed by atoms with Crippen LogP contribution in [-0.2, 0) is 11.2 Å². The molecule has 0 aliphatic rings. The van der Waals surface area contributed by atoms with Crippen molar-refractivity contribution in [1.82, 2.24) is 4.98 Å². The minimum Gasteiger partial charge on any atom is -0.481 e. The van der Waals surface area contributed by atoms with Gasteiger partial charge in [0, 0.05) is 10.6 Å². The van der Waals surface area contributed by atoms with Crippen molar-refractivity contribution in [3.63, 3.8) is 0 Å². The first kappa shape index (κ1) is 16.5. The van der Waals surface area contributed by atoms with E-state index in [0.29, 0.717) is 0 Å². The number of nitrogens with zero attached hydrogens (tertiary/aromatic N) is 1. The van der Waals surface area contributed by atoms with Gasteiger partial charge in [0.1, 0.15) is 4.34 Å². The molecule has 1 aromatic heterocycles. The summed E-state index contributed by atoms with van der Waals surface area (Å²) < 4.78 is 1.02. The first-order chi connectivity index (χ1) is 9.13. The van der Waals surface area contributed by atoms with Crippen molar-refractivity contribution in [1.29, 1.82) is 0 Å². The van der Waals surface area contributed by atoms with Gasteiger partial charge in [0.05, 0.1) is 12.1 Å². The van der Waals surface area contributed by atoms with E-state index in [0.717, 1.165) is 20.7 Å². The van der Waals surface area contributed by atoms with Gasteiger partial charge in [0.15, 0.2) is 0 Å². The minimum atomic E-state index is -0.778. The van der Waals surface area contributed by atoms with E-state index in [4.69, 9.17) is 5.11 Å². The Labute approximate surface area is 123 Å². The first-order valence-corrected chi connectivity index (χ1v) is 8.74. The van der Waals surface area contributed by atoms with Crippen LogP contribution >= 0.6 is 23.1 Å². The average molecular weight is 301 g/mol. The fourth-order valence-electron chi connectivity index (χ4n) is 1.81. The van der Waals surface area contributed by atoms with E-state index in [-0.39, 0.29) is 6.42 Å². The molecule has 1 N–H and O–H groups in total. The van der Waals surface area contributed by atoms with Crippen molar-refractivity contribution in [2.75, 3.05) is 5.75 Å². The van der Waals surface area contributed by atoms with Crippen LogP contribution in [0.5, 0.6) is 0 Å². The van der Waals surface area contributed by atoms with Gasteiger partial charge in [0.2, 0.25) is 0 Å². The molecule has 0 atom stereocenters. The summed E-state index contributed by atoms with van der Waals surface area (Å²) in [5.74, 6) is 0.310. The molecular formula is C14H23NO2S2. The van der Waals surface area contributed by atoms with Crippen molar-refractivity contribution >= 4 is 29.1 Å². The molecule has 0 unspecified atom stereocenters. The van der Waals surface area contributed by atoms with Gasteiger partial charge in [-0.1, -0.05) is 50.8 Å². The lowest BCUT2D eigenvalue weighted by Gasteiger charge is -1.99. The van der Waals surface area contributed by atoms with E-state index in [1.54, 1.807) is 11.8 Å². The van der Waals surface area contributed by atoms with Crippen molar-refractivity contribution in [2.45, 2.75) is 63.1 Å². The maximum absolute atomic E-state index is 10.7. The molecule has 0 bridgehead atoms. The molecule has 1 rings (SSSR count). The number of aryl methyl sites for hydroxylation is 1. The number of unbranched alkanes of at least 4 members (excludes halogenated alkanes) is 5. The maximum atomic E-state index is 10.7. The van der Waals surface area contributed by atoms with Crippen molar-refractivity contribution in [3.8, 4) is 0 Å². The summed E-state index contributed by atoms with van der Waals surface area (Å²) in [5, 5.41) is 8.79. The van der Waals surface area contributed by atoms with Crippen LogP contribution in [0.15, 0.2) is 4.34 Å². The molecule has 0 aliphatic heterocycles. The Hall–Kier alpha value is -0.550. The molecule has 1 aromatic rings. The molecule has 0 saturated heterocycles. The second-order valence-electron chi connectivity index (χ2n) is 4.68. The fourth-order valence-corrected chi connectivity index (χ4v) is 4.10. The highest BCUT2D eigenvalue weighted by Crippen LogP contribution is 2.28. The number of aliphatic carboxylic acids is 1. The van der Waals surface area contributed by atoms with E-state index < -0.39 is 5.97 Å². The van der Waals surface area contributed by atoms with Gasteiger partial charge in [-0.2, -0.15) is 0 Å². The zero-order valence-corrected chi connectivity index (χ0v) is 13.4. The summed E-state index contributed by atoms with van der Waals surface area (Å²) in [6.45, 7) is 4.12. The van der Waals surface area contributed by atoms with E-state index in [2.05, 4.69) is 11.9 Å². The Kier molecular flexibility index (Phi) is 8.14. The van der Waals surface area contributed by atoms with E-state index in [1.165, 1.54) is 49.9 Å². The molecule has 5 heteroatoms. The maximum Gasteiger partial charge on any atom is 0.308 e. The van der Waals surface area contributed by atoms with Crippen LogP contribution in [0.1, 0.15) is 56.0 Å². The molecule has 1 heterocycles. The molecular weight excluding hydrogens is 278 g/mol. The molecule has 0 amide bonds. The third-order valence-electron chi connectivity index (χ3n) is 2.91. The summed E-state index contributed by atoms with van der Waals surface area (Å²) in [6.07, 6.45) is 7.93. The van der Waals surface area contributed by atoms with E-state index >= 15 is 0 Å². The first-order valence-electron chi connectivity index (χ1n) is 6.94.